The van der Waals surface area contributed by atoms with Crippen LogP contribution in [0.1, 0.15) is 40.4 Å². The number of nitrogens with one attached hydrogen (secondary N) is 1. The number of hydrogen-bond acceptors (Lipinski definition) is 2. The first-order valence-electron chi connectivity index (χ1n) is 5.83. The van der Waals surface area contributed by atoms with E-state index >= 15 is 0 Å². The Bertz CT molecular complexity index is 405. The molecular weight excluding hydrogens is 198 g/mol. The van der Waals surface area contributed by atoms with Crippen LogP contribution in [-0.2, 0) is 6.42 Å². The fraction of sp³-hybridized carbons (Fsp3) is 0.538. The Balaban J connectivity index is 0.000000606. The van der Waals surface area contributed by atoms with Gasteiger partial charge in [-0.3, -0.25) is 4.98 Å². The Morgan fingerprint density at radius 3 is 2.50 bits per heavy atom. The minimum Gasteiger partial charge on any atom is -0.341 e. The van der Waals surface area contributed by atoms with Crippen LogP contribution >= 0.6 is 0 Å². The summed E-state index contributed by atoms with van der Waals surface area (Å²) in [5.74, 6) is 1.04. The van der Waals surface area contributed by atoms with Gasteiger partial charge in [0.05, 0.1) is 17.2 Å². The molecular formula is C13H21N3. The van der Waals surface area contributed by atoms with Crippen molar-refractivity contribution in [2.24, 2.45) is 5.41 Å². The summed E-state index contributed by atoms with van der Waals surface area (Å²) in [6.07, 6.45) is 4.54. The van der Waals surface area contributed by atoms with Gasteiger partial charge in [-0.1, -0.05) is 34.6 Å². The SMILES string of the molecule is CC.CC(C)(C)Cc1nc2ccncc2[nH]1. The number of aromatic nitrogens is 3. The zero-order chi connectivity index (χ0) is 12.2. The first-order valence-corrected chi connectivity index (χ1v) is 5.83. The van der Waals surface area contributed by atoms with E-state index in [0.29, 0.717) is 0 Å². The summed E-state index contributed by atoms with van der Waals surface area (Å²) in [7, 11) is 0. The minimum atomic E-state index is 0.265. The van der Waals surface area contributed by atoms with Crippen molar-refractivity contribution in [1.29, 1.82) is 0 Å². The van der Waals surface area contributed by atoms with Gasteiger partial charge in [0.2, 0.25) is 0 Å². The topological polar surface area (TPSA) is 41.6 Å². The standard InChI is InChI=1S/C11H15N3.C2H6/c1-11(2,3)6-10-13-8-4-5-12-7-9(8)14-10;1-2/h4-5,7H,6H2,1-3H3,(H,13,14);1-2H3. The number of H-pyrrole nitrogens is 1. The van der Waals surface area contributed by atoms with Gasteiger partial charge in [0.15, 0.2) is 0 Å². The third-order valence-electron chi connectivity index (χ3n) is 2.03. The summed E-state index contributed by atoms with van der Waals surface area (Å²) in [5, 5.41) is 0. The van der Waals surface area contributed by atoms with E-state index in [1.165, 1.54) is 0 Å². The van der Waals surface area contributed by atoms with Crippen molar-refractivity contribution < 1.29 is 0 Å². The first kappa shape index (κ1) is 12.7. The molecule has 0 aliphatic rings. The summed E-state index contributed by atoms with van der Waals surface area (Å²) in [6.45, 7) is 10.6. The fourth-order valence-corrected chi connectivity index (χ4v) is 1.50. The predicted octanol–water partition coefficient (Wildman–Crippen LogP) is 3.57. The molecule has 0 saturated carbocycles. The van der Waals surface area contributed by atoms with Gasteiger partial charge in [-0.15, -0.1) is 0 Å². The second-order valence-electron chi connectivity index (χ2n) is 4.81. The number of rotatable bonds is 1. The van der Waals surface area contributed by atoms with E-state index in [-0.39, 0.29) is 5.41 Å². The van der Waals surface area contributed by atoms with Gasteiger partial charge in [-0.25, -0.2) is 4.98 Å². The summed E-state index contributed by atoms with van der Waals surface area (Å²) in [6, 6.07) is 1.93. The summed E-state index contributed by atoms with van der Waals surface area (Å²) in [5.41, 5.74) is 2.28. The molecule has 0 aliphatic heterocycles. The van der Waals surface area contributed by atoms with Crippen molar-refractivity contribution >= 4 is 11.0 Å². The van der Waals surface area contributed by atoms with Gasteiger partial charge in [0.25, 0.3) is 0 Å². The van der Waals surface area contributed by atoms with Gasteiger partial charge < -0.3 is 4.98 Å². The summed E-state index contributed by atoms with van der Waals surface area (Å²) >= 11 is 0. The Morgan fingerprint density at radius 1 is 1.25 bits per heavy atom. The Hall–Kier alpha value is -1.38. The van der Waals surface area contributed by atoms with E-state index in [0.717, 1.165) is 23.3 Å². The van der Waals surface area contributed by atoms with Crippen LogP contribution in [-0.4, -0.2) is 15.0 Å². The van der Waals surface area contributed by atoms with Crippen LogP contribution in [0.25, 0.3) is 11.0 Å². The molecule has 3 nitrogen and oxygen atoms in total. The second kappa shape index (κ2) is 5.10. The van der Waals surface area contributed by atoms with Crippen molar-refractivity contribution in [2.45, 2.75) is 41.0 Å². The highest BCUT2D eigenvalue weighted by molar-refractivity contribution is 5.73. The fourth-order valence-electron chi connectivity index (χ4n) is 1.50. The second-order valence-corrected chi connectivity index (χ2v) is 4.81. The molecule has 2 rings (SSSR count). The van der Waals surface area contributed by atoms with Gasteiger partial charge >= 0.3 is 0 Å². The maximum absolute atomic E-state index is 4.50. The number of imidazole rings is 1. The van der Waals surface area contributed by atoms with Gasteiger partial charge in [0, 0.05) is 12.6 Å². The molecule has 0 aromatic carbocycles. The molecule has 3 heteroatoms. The number of pyridine rings is 1. The maximum atomic E-state index is 4.50. The highest BCUT2D eigenvalue weighted by atomic mass is 14.9. The largest absolute Gasteiger partial charge is 0.341 e. The number of nitrogens with zero attached hydrogens (tertiary/aromatic N) is 2. The predicted molar refractivity (Wildman–Crippen MR) is 68.4 cm³/mol. The molecule has 0 radical (unpaired) electrons. The summed E-state index contributed by atoms with van der Waals surface area (Å²) < 4.78 is 0. The number of fused-ring (bicyclic) bond motifs is 1. The van der Waals surface area contributed by atoms with Crippen LogP contribution in [0.2, 0.25) is 0 Å². The van der Waals surface area contributed by atoms with Gasteiger partial charge in [-0.2, -0.15) is 0 Å². The van der Waals surface area contributed by atoms with Gasteiger partial charge in [0.1, 0.15) is 5.82 Å². The Morgan fingerprint density at radius 2 is 1.94 bits per heavy atom. The number of aromatic amines is 1. The molecule has 0 fully saturated rings. The molecule has 2 aromatic rings. The third-order valence-corrected chi connectivity index (χ3v) is 2.03. The molecule has 0 amide bonds. The number of hydrogen-bond donors (Lipinski definition) is 1. The smallest absolute Gasteiger partial charge is 0.107 e. The van der Waals surface area contributed by atoms with Crippen molar-refractivity contribution in [3.05, 3.63) is 24.3 Å². The lowest BCUT2D eigenvalue weighted by molar-refractivity contribution is 0.402. The Kier molecular flexibility index (Phi) is 4.05. The first-order chi connectivity index (χ1) is 7.54. The molecule has 0 aliphatic carbocycles. The average molecular weight is 219 g/mol. The van der Waals surface area contributed by atoms with E-state index in [1.54, 1.807) is 6.20 Å². The molecule has 2 heterocycles. The van der Waals surface area contributed by atoms with Crippen molar-refractivity contribution in [1.82, 2.24) is 15.0 Å². The van der Waals surface area contributed by atoms with Crippen LogP contribution in [0.4, 0.5) is 0 Å². The minimum absolute atomic E-state index is 0.265. The quantitative estimate of drug-likeness (QED) is 0.796. The lowest BCUT2D eigenvalue weighted by Gasteiger charge is -2.15. The van der Waals surface area contributed by atoms with E-state index in [2.05, 4.69) is 35.7 Å². The molecule has 16 heavy (non-hydrogen) atoms. The van der Waals surface area contributed by atoms with E-state index in [1.807, 2.05) is 26.1 Å². The molecule has 0 atom stereocenters. The lowest BCUT2D eigenvalue weighted by Crippen LogP contribution is -2.10. The maximum Gasteiger partial charge on any atom is 0.107 e. The van der Waals surface area contributed by atoms with Crippen molar-refractivity contribution in [3.63, 3.8) is 0 Å². The molecule has 2 aromatic heterocycles. The highest BCUT2D eigenvalue weighted by Gasteiger charge is 2.13. The van der Waals surface area contributed by atoms with E-state index < -0.39 is 0 Å². The van der Waals surface area contributed by atoms with Crippen LogP contribution < -0.4 is 0 Å². The van der Waals surface area contributed by atoms with Crippen LogP contribution in [0, 0.1) is 5.41 Å². The van der Waals surface area contributed by atoms with Crippen molar-refractivity contribution in [3.8, 4) is 0 Å². The molecule has 0 spiro atoms. The normalized spacial score (nSPS) is 11.1. The monoisotopic (exact) mass is 219 g/mol. The molecule has 0 saturated heterocycles. The van der Waals surface area contributed by atoms with E-state index in [4.69, 9.17) is 0 Å². The van der Waals surface area contributed by atoms with Crippen LogP contribution in [0.15, 0.2) is 18.5 Å². The zero-order valence-electron chi connectivity index (χ0n) is 10.8. The average Bonchev–Trinajstić information content (AvgIpc) is 2.59. The third kappa shape index (κ3) is 3.33. The van der Waals surface area contributed by atoms with Crippen LogP contribution in [0.3, 0.4) is 0 Å². The van der Waals surface area contributed by atoms with Crippen molar-refractivity contribution in [2.75, 3.05) is 0 Å². The van der Waals surface area contributed by atoms with E-state index in [9.17, 15) is 0 Å². The highest BCUT2D eigenvalue weighted by Crippen LogP contribution is 2.20. The molecule has 0 bridgehead atoms. The summed E-state index contributed by atoms with van der Waals surface area (Å²) in [4.78, 5) is 11.8. The lowest BCUT2D eigenvalue weighted by atomic mass is 9.92. The molecule has 0 unspecified atom stereocenters. The zero-order valence-corrected chi connectivity index (χ0v) is 10.8. The molecule has 88 valence electrons. The molecule has 1 N–H and O–H groups in total. The van der Waals surface area contributed by atoms with Gasteiger partial charge in [-0.05, 0) is 11.5 Å². The van der Waals surface area contributed by atoms with Crippen LogP contribution in [0.5, 0.6) is 0 Å². The Labute approximate surface area is 97.3 Å².